The first kappa shape index (κ1) is 21.7. The summed E-state index contributed by atoms with van der Waals surface area (Å²) in [6, 6.07) is 24.6. The zero-order chi connectivity index (χ0) is 19.5. The second-order valence-electron chi connectivity index (χ2n) is 6.95. The monoisotopic (exact) mass is 444 g/mol. The van der Waals surface area contributed by atoms with E-state index in [9.17, 15) is 0 Å². The Morgan fingerprint density at radius 2 is 1.34 bits per heavy atom. The van der Waals surface area contributed by atoms with E-state index in [1.807, 2.05) is 36.4 Å². The van der Waals surface area contributed by atoms with E-state index >= 15 is 0 Å². The van der Waals surface area contributed by atoms with Crippen molar-refractivity contribution in [1.29, 1.82) is 0 Å². The molecule has 0 saturated carbocycles. The van der Waals surface area contributed by atoms with Crippen molar-refractivity contribution in [2.24, 2.45) is 0 Å². The Bertz CT molecular complexity index is 1120. The highest BCUT2D eigenvalue weighted by Gasteiger charge is 2.14. The van der Waals surface area contributed by atoms with E-state index in [1.54, 1.807) is 0 Å². The Morgan fingerprint density at radius 3 is 2.03 bits per heavy atom. The maximum atomic E-state index is 6.41. The van der Waals surface area contributed by atoms with Crippen molar-refractivity contribution in [2.75, 3.05) is 0 Å². The van der Waals surface area contributed by atoms with Crippen LogP contribution in [0.5, 0.6) is 0 Å². The van der Waals surface area contributed by atoms with Crippen molar-refractivity contribution in [1.82, 2.24) is 9.88 Å². The Hall–Kier alpha value is -1.97. The SMILES string of the molecule is Cc1c(CNCc2ccccc2Cl)c2ccccc2n1Cc1ccccc1Cl.Cl. The van der Waals surface area contributed by atoms with E-state index in [0.717, 1.165) is 40.8 Å². The van der Waals surface area contributed by atoms with Crippen molar-refractivity contribution in [2.45, 2.75) is 26.6 Å². The number of nitrogens with zero attached hydrogens (tertiary/aromatic N) is 1. The van der Waals surface area contributed by atoms with Gasteiger partial charge in [-0.2, -0.15) is 0 Å². The summed E-state index contributed by atoms with van der Waals surface area (Å²) >= 11 is 12.7. The molecule has 0 amide bonds. The standard InChI is InChI=1S/C24H22Cl2N2.ClH/c1-17-21(15-27-14-18-8-2-5-11-22(18)25)20-10-4-7-13-24(20)28(17)16-19-9-3-6-12-23(19)26;/h2-13,27H,14-16H2,1H3;1H. The van der Waals surface area contributed by atoms with Crippen molar-refractivity contribution in [3.05, 3.63) is 105 Å². The van der Waals surface area contributed by atoms with Crippen LogP contribution in [-0.4, -0.2) is 4.57 Å². The topological polar surface area (TPSA) is 17.0 Å². The van der Waals surface area contributed by atoms with Crippen molar-refractivity contribution < 1.29 is 0 Å². The molecule has 29 heavy (non-hydrogen) atoms. The lowest BCUT2D eigenvalue weighted by molar-refractivity contribution is 0.686. The minimum atomic E-state index is 0. The molecule has 5 heteroatoms. The average molecular weight is 446 g/mol. The normalized spacial score (nSPS) is 10.9. The van der Waals surface area contributed by atoms with Crippen LogP contribution >= 0.6 is 35.6 Å². The van der Waals surface area contributed by atoms with E-state index in [1.165, 1.54) is 22.2 Å². The third-order valence-electron chi connectivity index (χ3n) is 5.22. The number of benzene rings is 3. The number of para-hydroxylation sites is 1. The zero-order valence-electron chi connectivity index (χ0n) is 16.2. The predicted octanol–water partition coefficient (Wildman–Crippen LogP) is 7.02. The zero-order valence-corrected chi connectivity index (χ0v) is 18.5. The number of halogens is 3. The van der Waals surface area contributed by atoms with Crippen molar-refractivity contribution >= 4 is 46.5 Å². The first-order valence-electron chi connectivity index (χ1n) is 9.39. The fourth-order valence-electron chi connectivity index (χ4n) is 3.69. The fourth-order valence-corrected chi connectivity index (χ4v) is 4.09. The van der Waals surface area contributed by atoms with Crippen LogP contribution in [0.25, 0.3) is 10.9 Å². The highest BCUT2D eigenvalue weighted by atomic mass is 35.5. The van der Waals surface area contributed by atoms with Crippen LogP contribution < -0.4 is 5.32 Å². The van der Waals surface area contributed by atoms with Crippen LogP contribution in [0.3, 0.4) is 0 Å². The van der Waals surface area contributed by atoms with Crippen molar-refractivity contribution in [3.63, 3.8) is 0 Å². The minimum Gasteiger partial charge on any atom is -0.340 e. The molecule has 0 bridgehead atoms. The quantitative estimate of drug-likeness (QED) is 0.337. The van der Waals surface area contributed by atoms with E-state index in [4.69, 9.17) is 23.2 Å². The number of rotatable bonds is 6. The molecule has 1 heterocycles. The first-order valence-corrected chi connectivity index (χ1v) is 10.1. The van der Waals surface area contributed by atoms with Gasteiger partial charge in [-0.25, -0.2) is 0 Å². The molecule has 2 nitrogen and oxygen atoms in total. The molecule has 0 fully saturated rings. The van der Waals surface area contributed by atoms with Gasteiger partial charge in [0.2, 0.25) is 0 Å². The summed E-state index contributed by atoms with van der Waals surface area (Å²) in [6.45, 7) is 4.47. The molecule has 0 aliphatic carbocycles. The molecule has 150 valence electrons. The third-order valence-corrected chi connectivity index (χ3v) is 5.96. The van der Waals surface area contributed by atoms with Gasteiger partial charge in [0.05, 0.1) is 0 Å². The predicted molar refractivity (Wildman–Crippen MR) is 126 cm³/mol. The lowest BCUT2D eigenvalue weighted by Crippen LogP contribution is -2.14. The van der Waals surface area contributed by atoms with E-state index in [0.29, 0.717) is 0 Å². The van der Waals surface area contributed by atoms with Gasteiger partial charge in [-0.15, -0.1) is 12.4 Å². The molecule has 4 aromatic rings. The molecule has 0 atom stereocenters. The number of nitrogens with one attached hydrogen (secondary N) is 1. The van der Waals surface area contributed by atoms with Crippen LogP contribution in [0, 0.1) is 6.92 Å². The molecule has 0 aliphatic rings. The second kappa shape index (κ2) is 9.69. The molecule has 0 spiro atoms. The van der Waals surface area contributed by atoms with Crippen molar-refractivity contribution in [3.8, 4) is 0 Å². The highest BCUT2D eigenvalue weighted by molar-refractivity contribution is 6.31. The molecule has 0 saturated heterocycles. The highest BCUT2D eigenvalue weighted by Crippen LogP contribution is 2.28. The summed E-state index contributed by atoms with van der Waals surface area (Å²) in [7, 11) is 0. The fraction of sp³-hybridized carbons (Fsp3) is 0.167. The Morgan fingerprint density at radius 1 is 0.759 bits per heavy atom. The number of fused-ring (bicyclic) bond motifs is 1. The molecule has 0 aliphatic heterocycles. The number of aromatic nitrogens is 1. The van der Waals surface area contributed by atoms with Gasteiger partial charge >= 0.3 is 0 Å². The molecule has 0 radical (unpaired) electrons. The van der Waals surface area contributed by atoms with Crippen LogP contribution in [0.15, 0.2) is 72.8 Å². The van der Waals surface area contributed by atoms with E-state index in [2.05, 4.69) is 53.2 Å². The van der Waals surface area contributed by atoms with Crippen LogP contribution in [-0.2, 0) is 19.6 Å². The summed E-state index contributed by atoms with van der Waals surface area (Å²) in [4.78, 5) is 0. The summed E-state index contributed by atoms with van der Waals surface area (Å²) in [5.41, 5.74) is 6.04. The smallest absolute Gasteiger partial charge is 0.0493 e. The molecule has 1 N–H and O–H groups in total. The van der Waals surface area contributed by atoms with E-state index < -0.39 is 0 Å². The second-order valence-corrected chi connectivity index (χ2v) is 7.77. The largest absolute Gasteiger partial charge is 0.340 e. The molecule has 4 rings (SSSR count). The molecule has 1 aromatic heterocycles. The summed E-state index contributed by atoms with van der Waals surface area (Å²) in [6.07, 6.45) is 0. The van der Waals surface area contributed by atoms with Gasteiger partial charge in [-0.05, 0) is 41.8 Å². The Labute approximate surface area is 187 Å². The van der Waals surface area contributed by atoms with Gasteiger partial charge in [-0.1, -0.05) is 77.8 Å². The average Bonchev–Trinajstić information content (AvgIpc) is 2.97. The molecule has 3 aromatic carbocycles. The molecule has 0 unspecified atom stereocenters. The van der Waals surface area contributed by atoms with Crippen LogP contribution in [0.2, 0.25) is 10.0 Å². The number of hydrogen-bond donors (Lipinski definition) is 1. The van der Waals surface area contributed by atoms with E-state index in [-0.39, 0.29) is 12.4 Å². The van der Waals surface area contributed by atoms with Crippen LogP contribution in [0.1, 0.15) is 22.4 Å². The summed E-state index contributed by atoms with van der Waals surface area (Å²) in [5.74, 6) is 0. The molecular formula is C24H23Cl3N2. The molecular weight excluding hydrogens is 423 g/mol. The van der Waals surface area contributed by atoms with Gasteiger partial charge in [0.25, 0.3) is 0 Å². The van der Waals surface area contributed by atoms with Gasteiger partial charge in [0.15, 0.2) is 0 Å². The Kier molecular flexibility index (Phi) is 7.26. The van der Waals surface area contributed by atoms with Crippen LogP contribution in [0.4, 0.5) is 0 Å². The Balaban J connectivity index is 0.00000240. The summed E-state index contributed by atoms with van der Waals surface area (Å²) in [5, 5.41) is 6.44. The summed E-state index contributed by atoms with van der Waals surface area (Å²) < 4.78 is 2.35. The maximum absolute atomic E-state index is 6.41. The minimum absolute atomic E-state index is 0. The lowest BCUT2D eigenvalue weighted by Gasteiger charge is -2.11. The first-order chi connectivity index (χ1) is 13.6. The maximum Gasteiger partial charge on any atom is 0.0493 e. The van der Waals surface area contributed by atoms with Gasteiger partial charge in [-0.3, -0.25) is 0 Å². The lowest BCUT2D eigenvalue weighted by atomic mass is 10.1. The van der Waals surface area contributed by atoms with Gasteiger partial charge in [0, 0.05) is 46.3 Å². The van der Waals surface area contributed by atoms with Gasteiger partial charge in [0.1, 0.15) is 0 Å². The number of hydrogen-bond acceptors (Lipinski definition) is 1. The van der Waals surface area contributed by atoms with Gasteiger partial charge < -0.3 is 9.88 Å². The third kappa shape index (κ3) is 4.62.